The molecule has 0 heterocycles. The second kappa shape index (κ2) is 7.03. The van der Waals surface area contributed by atoms with E-state index >= 15 is 0 Å². The van der Waals surface area contributed by atoms with Gasteiger partial charge >= 0.3 is 0 Å². The molecular weight excluding hydrogens is 302 g/mol. The molecule has 1 aromatic rings. The zero-order valence-corrected chi connectivity index (χ0v) is 12.2. The van der Waals surface area contributed by atoms with Crippen LogP contribution in [0.25, 0.3) is 0 Å². The van der Waals surface area contributed by atoms with Crippen molar-refractivity contribution in [3.63, 3.8) is 0 Å². The highest BCUT2D eigenvalue weighted by atomic mass is 79.9. The smallest absolute Gasteiger partial charge is 0.251 e. The predicted octanol–water partition coefficient (Wildman–Crippen LogP) is 2.29. The molecule has 0 aliphatic heterocycles. The van der Waals surface area contributed by atoms with Crippen LogP contribution in [-0.2, 0) is 0 Å². The lowest BCUT2D eigenvalue weighted by Gasteiger charge is -2.21. The number of aliphatic hydroxyl groups is 1. The summed E-state index contributed by atoms with van der Waals surface area (Å²) in [6.45, 7) is 1.95. The standard InChI is InChI=1S/C12H16BrNO2S/c1-8(11(7-15)17-2)14-12(16)9-4-3-5-10(13)6-9/h3-6,8,11,15H,7H2,1-2H3,(H,14,16). The zero-order valence-electron chi connectivity index (χ0n) is 9.81. The first-order chi connectivity index (χ1) is 8.08. The number of aliphatic hydroxyl groups excluding tert-OH is 1. The molecule has 3 nitrogen and oxygen atoms in total. The Morgan fingerprint density at radius 1 is 1.59 bits per heavy atom. The molecule has 1 amide bonds. The molecule has 1 aromatic carbocycles. The highest BCUT2D eigenvalue weighted by molar-refractivity contribution is 9.10. The zero-order chi connectivity index (χ0) is 12.8. The molecule has 94 valence electrons. The number of thioether (sulfide) groups is 1. The number of hydrogen-bond acceptors (Lipinski definition) is 3. The van der Waals surface area contributed by atoms with Crippen LogP contribution in [0, 0.1) is 0 Å². The van der Waals surface area contributed by atoms with Gasteiger partial charge in [-0.3, -0.25) is 4.79 Å². The molecule has 1 rings (SSSR count). The van der Waals surface area contributed by atoms with Gasteiger partial charge in [-0.1, -0.05) is 22.0 Å². The minimum absolute atomic E-state index is 0.0195. The fourth-order valence-electron chi connectivity index (χ4n) is 1.45. The molecule has 0 bridgehead atoms. The van der Waals surface area contributed by atoms with E-state index in [-0.39, 0.29) is 23.8 Å². The van der Waals surface area contributed by atoms with E-state index in [0.717, 1.165) is 4.47 Å². The summed E-state index contributed by atoms with van der Waals surface area (Å²) in [5.41, 5.74) is 0.615. The van der Waals surface area contributed by atoms with E-state index in [2.05, 4.69) is 21.2 Å². The Morgan fingerprint density at radius 3 is 2.82 bits per heavy atom. The van der Waals surface area contributed by atoms with Crippen LogP contribution < -0.4 is 5.32 Å². The highest BCUT2D eigenvalue weighted by Crippen LogP contribution is 2.13. The Kier molecular flexibility index (Phi) is 6.02. The van der Waals surface area contributed by atoms with Crippen molar-refractivity contribution in [1.29, 1.82) is 0 Å². The lowest BCUT2D eigenvalue weighted by Crippen LogP contribution is -2.41. The van der Waals surface area contributed by atoms with Crippen LogP contribution in [0.5, 0.6) is 0 Å². The van der Waals surface area contributed by atoms with Crippen LogP contribution in [0.4, 0.5) is 0 Å². The molecule has 2 atom stereocenters. The van der Waals surface area contributed by atoms with Gasteiger partial charge in [-0.05, 0) is 31.4 Å². The van der Waals surface area contributed by atoms with E-state index in [0.29, 0.717) is 5.56 Å². The number of benzene rings is 1. The SMILES string of the molecule is CSC(CO)C(C)NC(=O)c1cccc(Br)c1. The van der Waals surface area contributed by atoms with Gasteiger partial charge in [0.15, 0.2) is 0 Å². The molecule has 17 heavy (non-hydrogen) atoms. The van der Waals surface area contributed by atoms with Gasteiger partial charge < -0.3 is 10.4 Å². The van der Waals surface area contributed by atoms with Gasteiger partial charge in [0.2, 0.25) is 0 Å². The van der Waals surface area contributed by atoms with Gasteiger partial charge in [0.05, 0.1) is 6.61 Å². The van der Waals surface area contributed by atoms with Gasteiger partial charge in [-0.25, -0.2) is 0 Å². The number of halogens is 1. The van der Waals surface area contributed by atoms with Gasteiger partial charge in [-0.2, -0.15) is 11.8 Å². The second-order valence-electron chi connectivity index (χ2n) is 3.73. The average Bonchev–Trinajstić information content (AvgIpc) is 2.30. The van der Waals surface area contributed by atoms with Gasteiger partial charge in [0.25, 0.3) is 5.91 Å². The third kappa shape index (κ3) is 4.33. The fraction of sp³-hybridized carbons (Fsp3) is 0.417. The van der Waals surface area contributed by atoms with Crippen LogP contribution in [0.15, 0.2) is 28.7 Å². The third-order valence-electron chi connectivity index (χ3n) is 2.49. The van der Waals surface area contributed by atoms with Gasteiger partial charge in [0.1, 0.15) is 0 Å². The number of hydrogen-bond donors (Lipinski definition) is 2. The summed E-state index contributed by atoms with van der Waals surface area (Å²) in [5, 5.41) is 12.0. The summed E-state index contributed by atoms with van der Waals surface area (Å²) >= 11 is 4.87. The molecule has 0 radical (unpaired) electrons. The molecular formula is C12H16BrNO2S. The van der Waals surface area contributed by atoms with Crippen molar-refractivity contribution in [2.75, 3.05) is 12.9 Å². The Balaban J connectivity index is 2.66. The maximum absolute atomic E-state index is 11.9. The number of nitrogens with one attached hydrogen (secondary N) is 1. The first-order valence-electron chi connectivity index (χ1n) is 5.28. The van der Waals surface area contributed by atoms with E-state index in [1.54, 1.807) is 23.9 Å². The first-order valence-corrected chi connectivity index (χ1v) is 7.36. The van der Waals surface area contributed by atoms with Crippen LogP contribution in [-0.4, -0.2) is 35.2 Å². The summed E-state index contributed by atoms with van der Waals surface area (Å²) in [6, 6.07) is 7.16. The Bertz CT molecular complexity index is 383. The third-order valence-corrected chi connectivity index (χ3v) is 4.14. The molecule has 5 heteroatoms. The molecule has 2 unspecified atom stereocenters. The molecule has 0 aliphatic carbocycles. The van der Waals surface area contributed by atoms with Crippen molar-refractivity contribution in [3.05, 3.63) is 34.3 Å². The maximum Gasteiger partial charge on any atom is 0.251 e. The number of carbonyl (C=O) groups excluding carboxylic acids is 1. The number of rotatable bonds is 5. The monoisotopic (exact) mass is 317 g/mol. The quantitative estimate of drug-likeness (QED) is 0.876. The first kappa shape index (κ1) is 14.5. The van der Waals surface area contributed by atoms with Crippen molar-refractivity contribution >= 4 is 33.6 Å². The maximum atomic E-state index is 11.9. The molecule has 0 saturated carbocycles. The second-order valence-corrected chi connectivity index (χ2v) is 5.72. The van der Waals surface area contributed by atoms with Crippen molar-refractivity contribution in [2.45, 2.75) is 18.2 Å². The largest absolute Gasteiger partial charge is 0.395 e. The molecule has 0 saturated heterocycles. The van der Waals surface area contributed by atoms with E-state index in [1.807, 2.05) is 25.3 Å². The van der Waals surface area contributed by atoms with Gasteiger partial charge in [0, 0.05) is 21.3 Å². The van der Waals surface area contributed by atoms with Gasteiger partial charge in [-0.15, -0.1) is 0 Å². The summed E-state index contributed by atoms with van der Waals surface area (Å²) in [4.78, 5) is 11.9. The number of carbonyl (C=O) groups is 1. The highest BCUT2D eigenvalue weighted by Gasteiger charge is 2.18. The Hall–Kier alpha value is -0.520. The molecule has 0 spiro atoms. The minimum atomic E-state index is -0.119. The fourth-order valence-corrected chi connectivity index (χ4v) is 2.47. The Morgan fingerprint density at radius 2 is 2.29 bits per heavy atom. The summed E-state index contributed by atoms with van der Waals surface area (Å²) in [5.74, 6) is -0.119. The normalized spacial score (nSPS) is 14.1. The molecule has 0 aliphatic rings. The van der Waals surface area contributed by atoms with Crippen LogP contribution >= 0.6 is 27.7 Å². The van der Waals surface area contributed by atoms with Crippen molar-refractivity contribution < 1.29 is 9.90 Å². The van der Waals surface area contributed by atoms with Crippen molar-refractivity contribution in [3.8, 4) is 0 Å². The van der Waals surface area contributed by atoms with E-state index < -0.39 is 0 Å². The Labute approximate surface area is 114 Å². The lowest BCUT2D eigenvalue weighted by molar-refractivity contribution is 0.0936. The molecule has 0 fully saturated rings. The summed E-state index contributed by atoms with van der Waals surface area (Å²) < 4.78 is 0.876. The molecule has 2 N–H and O–H groups in total. The predicted molar refractivity (Wildman–Crippen MR) is 75.5 cm³/mol. The van der Waals surface area contributed by atoms with E-state index in [1.165, 1.54) is 0 Å². The lowest BCUT2D eigenvalue weighted by atomic mass is 10.2. The number of amides is 1. The van der Waals surface area contributed by atoms with Crippen molar-refractivity contribution in [1.82, 2.24) is 5.32 Å². The van der Waals surface area contributed by atoms with E-state index in [4.69, 9.17) is 5.11 Å². The average molecular weight is 318 g/mol. The van der Waals surface area contributed by atoms with Crippen molar-refractivity contribution in [2.24, 2.45) is 0 Å². The van der Waals surface area contributed by atoms with Crippen LogP contribution in [0.2, 0.25) is 0 Å². The minimum Gasteiger partial charge on any atom is -0.395 e. The van der Waals surface area contributed by atoms with Crippen LogP contribution in [0.3, 0.4) is 0 Å². The van der Waals surface area contributed by atoms with E-state index in [9.17, 15) is 4.79 Å². The summed E-state index contributed by atoms with van der Waals surface area (Å²) in [6.07, 6.45) is 1.92. The summed E-state index contributed by atoms with van der Waals surface area (Å²) in [7, 11) is 0. The topological polar surface area (TPSA) is 49.3 Å². The molecule has 0 aromatic heterocycles. The van der Waals surface area contributed by atoms with Crippen LogP contribution in [0.1, 0.15) is 17.3 Å².